The van der Waals surface area contributed by atoms with Gasteiger partial charge in [0.2, 0.25) is 0 Å². The van der Waals surface area contributed by atoms with Gasteiger partial charge in [0.1, 0.15) is 11.8 Å². The zero-order chi connectivity index (χ0) is 18.7. The molecule has 130 valence electrons. The third-order valence-electron chi connectivity index (χ3n) is 3.80. The lowest BCUT2D eigenvalue weighted by atomic mass is 10.1. The Morgan fingerprint density at radius 3 is 2.73 bits per heavy atom. The number of hydrogen-bond acceptors (Lipinski definition) is 6. The molecule has 0 amide bonds. The fraction of sp³-hybridized carbons (Fsp3) is 0.105. The molecule has 2 N–H and O–H groups in total. The number of allylic oxidation sites excluding steroid dienone is 1. The van der Waals surface area contributed by atoms with Crippen molar-refractivity contribution in [2.45, 2.75) is 0 Å². The third kappa shape index (κ3) is 3.21. The molecule has 0 radical (unpaired) electrons. The summed E-state index contributed by atoms with van der Waals surface area (Å²) in [7, 11) is 2.95. The predicted molar refractivity (Wildman–Crippen MR) is 97.1 cm³/mol. The molecule has 3 aromatic rings. The van der Waals surface area contributed by atoms with Crippen LogP contribution < -0.4 is 15.0 Å². The lowest BCUT2D eigenvalue weighted by molar-refractivity contribution is 0.373. The maximum absolute atomic E-state index is 12.3. The van der Waals surface area contributed by atoms with Gasteiger partial charge in [0, 0.05) is 0 Å². The Bertz CT molecular complexity index is 1110. The number of nitrogens with one attached hydrogen (secondary N) is 1. The minimum Gasteiger partial charge on any atom is -0.504 e. The Labute approximate surface area is 148 Å². The number of fused-ring (bicyclic) bond motifs is 1. The van der Waals surface area contributed by atoms with Crippen molar-refractivity contribution in [1.82, 2.24) is 9.97 Å². The van der Waals surface area contributed by atoms with Gasteiger partial charge >= 0.3 is 0 Å². The van der Waals surface area contributed by atoms with Crippen LogP contribution in [0.5, 0.6) is 17.2 Å². The van der Waals surface area contributed by atoms with E-state index in [1.807, 2.05) is 6.07 Å². The number of phenolic OH excluding ortho intramolecular Hbond substituents is 1. The summed E-state index contributed by atoms with van der Waals surface area (Å²) in [5, 5.41) is 19.5. The number of nitrogens with zero attached hydrogens (tertiary/aromatic N) is 2. The highest BCUT2D eigenvalue weighted by molar-refractivity contribution is 5.89. The summed E-state index contributed by atoms with van der Waals surface area (Å²) >= 11 is 0. The van der Waals surface area contributed by atoms with Gasteiger partial charge in [-0.1, -0.05) is 6.07 Å². The average Bonchev–Trinajstić information content (AvgIpc) is 2.66. The molecule has 0 aliphatic carbocycles. The molecule has 0 saturated heterocycles. The van der Waals surface area contributed by atoms with Gasteiger partial charge in [-0.3, -0.25) is 4.79 Å². The number of benzene rings is 2. The van der Waals surface area contributed by atoms with Gasteiger partial charge in [-0.15, -0.1) is 0 Å². The maximum atomic E-state index is 12.3. The monoisotopic (exact) mass is 349 g/mol. The van der Waals surface area contributed by atoms with Crippen LogP contribution in [0, 0.1) is 11.3 Å². The highest BCUT2D eigenvalue weighted by Crippen LogP contribution is 2.28. The molecular formula is C19H15N3O4. The van der Waals surface area contributed by atoms with Gasteiger partial charge in [0.15, 0.2) is 17.3 Å². The Kier molecular flexibility index (Phi) is 4.58. The number of hydrogen-bond donors (Lipinski definition) is 2. The number of aromatic hydroxyl groups is 1. The molecule has 1 aromatic heterocycles. The van der Waals surface area contributed by atoms with Crippen LogP contribution in [0.4, 0.5) is 0 Å². The lowest BCUT2D eigenvalue weighted by Crippen LogP contribution is -2.11. The van der Waals surface area contributed by atoms with E-state index >= 15 is 0 Å². The van der Waals surface area contributed by atoms with E-state index in [0.29, 0.717) is 22.2 Å². The van der Waals surface area contributed by atoms with Crippen molar-refractivity contribution in [2.24, 2.45) is 0 Å². The molecule has 0 unspecified atom stereocenters. The molecule has 7 heteroatoms. The van der Waals surface area contributed by atoms with Crippen molar-refractivity contribution >= 4 is 22.6 Å². The average molecular weight is 349 g/mol. The van der Waals surface area contributed by atoms with Crippen LogP contribution in [-0.2, 0) is 0 Å². The van der Waals surface area contributed by atoms with Gasteiger partial charge in [-0.05, 0) is 42.0 Å². The van der Waals surface area contributed by atoms with Gasteiger partial charge < -0.3 is 19.6 Å². The Hall–Kier alpha value is -3.79. The molecule has 26 heavy (non-hydrogen) atoms. The predicted octanol–water partition coefficient (Wildman–Crippen LogP) is 2.71. The first-order chi connectivity index (χ1) is 12.5. The highest BCUT2D eigenvalue weighted by atomic mass is 16.5. The molecule has 2 aromatic carbocycles. The SMILES string of the molecule is COc1ccc2nc(/C(C#N)=C/c3ccc(O)c(OC)c3)[nH]c(=O)c2c1. The molecule has 0 fully saturated rings. The first-order valence-electron chi connectivity index (χ1n) is 7.63. The number of aromatic amines is 1. The molecule has 0 aliphatic heterocycles. The van der Waals surface area contributed by atoms with Crippen molar-refractivity contribution in [3.8, 4) is 23.3 Å². The van der Waals surface area contributed by atoms with Crippen LogP contribution in [-0.4, -0.2) is 29.3 Å². The van der Waals surface area contributed by atoms with Gasteiger partial charge in [-0.2, -0.15) is 5.26 Å². The second-order valence-corrected chi connectivity index (χ2v) is 5.40. The molecule has 0 spiro atoms. The number of methoxy groups -OCH3 is 2. The number of nitriles is 1. The maximum Gasteiger partial charge on any atom is 0.259 e. The molecule has 3 rings (SSSR count). The van der Waals surface area contributed by atoms with Crippen molar-refractivity contribution in [1.29, 1.82) is 5.26 Å². The summed E-state index contributed by atoms with van der Waals surface area (Å²) in [6.45, 7) is 0. The van der Waals surface area contributed by atoms with Gasteiger partial charge in [0.25, 0.3) is 5.56 Å². The minimum absolute atomic E-state index is 0.00524. The summed E-state index contributed by atoms with van der Waals surface area (Å²) in [6.07, 6.45) is 1.55. The van der Waals surface area contributed by atoms with Gasteiger partial charge in [-0.25, -0.2) is 4.98 Å². The van der Waals surface area contributed by atoms with E-state index in [4.69, 9.17) is 9.47 Å². The molecule has 7 nitrogen and oxygen atoms in total. The van der Waals surface area contributed by atoms with E-state index in [2.05, 4.69) is 9.97 Å². The van der Waals surface area contributed by atoms with Crippen molar-refractivity contribution in [2.75, 3.05) is 14.2 Å². The Morgan fingerprint density at radius 1 is 1.23 bits per heavy atom. The molecule has 0 saturated carbocycles. The number of phenols is 1. The molecule has 1 heterocycles. The van der Waals surface area contributed by atoms with Crippen LogP contribution >= 0.6 is 0 Å². The van der Waals surface area contributed by atoms with Crippen LogP contribution in [0.15, 0.2) is 41.2 Å². The fourth-order valence-electron chi connectivity index (χ4n) is 2.48. The molecule has 0 atom stereocenters. The van der Waals surface area contributed by atoms with E-state index in [1.54, 1.807) is 36.4 Å². The van der Waals surface area contributed by atoms with Crippen molar-refractivity contribution in [3.63, 3.8) is 0 Å². The standard InChI is InChI=1S/C19H15N3O4/c1-25-13-4-5-15-14(9-13)19(24)22-18(21-15)12(10-20)7-11-3-6-16(23)17(8-11)26-2/h3-9,23H,1-2H3,(H,21,22,24)/b12-7+. The fourth-order valence-corrected chi connectivity index (χ4v) is 2.48. The van der Waals surface area contributed by atoms with Crippen molar-refractivity contribution in [3.05, 3.63) is 58.1 Å². The third-order valence-corrected chi connectivity index (χ3v) is 3.80. The minimum atomic E-state index is -0.367. The molecular weight excluding hydrogens is 334 g/mol. The van der Waals surface area contributed by atoms with E-state index in [1.165, 1.54) is 20.3 Å². The Balaban J connectivity index is 2.11. The lowest BCUT2D eigenvalue weighted by Gasteiger charge is -2.06. The van der Waals surface area contributed by atoms with E-state index in [9.17, 15) is 15.2 Å². The summed E-state index contributed by atoms with van der Waals surface area (Å²) < 4.78 is 10.2. The largest absolute Gasteiger partial charge is 0.504 e. The van der Waals surface area contributed by atoms with Gasteiger partial charge in [0.05, 0.1) is 30.7 Å². The smallest absolute Gasteiger partial charge is 0.259 e. The van der Waals surface area contributed by atoms with Crippen LogP contribution in [0.25, 0.3) is 22.6 Å². The normalized spacial score (nSPS) is 11.2. The Morgan fingerprint density at radius 2 is 2.04 bits per heavy atom. The van der Waals surface area contributed by atoms with E-state index < -0.39 is 0 Å². The van der Waals surface area contributed by atoms with E-state index in [-0.39, 0.29) is 28.5 Å². The first-order valence-corrected chi connectivity index (χ1v) is 7.63. The van der Waals surface area contributed by atoms with Crippen LogP contribution in [0.2, 0.25) is 0 Å². The highest BCUT2D eigenvalue weighted by Gasteiger charge is 2.10. The number of aromatic nitrogens is 2. The topological polar surface area (TPSA) is 108 Å². The van der Waals surface area contributed by atoms with Crippen LogP contribution in [0.1, 0.15) is 11.4 Å². The second-order valence-electron chi connectivity index (χ2n) is 5.40. The number of ether oxygens (including phenoxy) is 2. The summed E-state index contributed by atoms with van der Waals surface area (Å²) in [5.74, 6) is 0.976. The zero-order valence-electron chi connectivity index (χ0n) is 14.1. The second kappa shape index (κ2) is 6.99. The quantitative estimate of drug-likeness (QED) is 0.701. The summed E-state index contributed by atoms with van der Waals surface area (Å²) in [4.78, 5) is 19.3. The number of rotatable bonds is 4. The zero-order valence-corrected chi connectivity index (χ0v) is 14.1. The van der Waals surface area contributed by atoms with Crippen LogP contribution in [0.3, 0.4) is 0 Å². The van der Waals surface area contributed by atoms with Crippen molar-refractivity contribution < 1.29 is 14.6 Å². The molecule has 0 aliphatic rings. The first kappa shape index (κ1) is 17.0. The number of H-pyrrole nitrogens is 1. The summed E-state index contributed by atoms with van der Waals surface area (Å²) in [5.41, 5.74) is 0.878. The summed E-state index contributed by atoms with van der Waals surface area (Å²) in [6, 6.07) is 11.6. The van der Waals surface area contributed by atoms with E-state index in [0.717, 1.165) is 0 Å². The molecule has 0 bridgehead atoms.